The first-order chi connectivity index (χ1) is 10.9. The van der Waals surface area contributed by atoms with Crippen LogP contribution in [0, 0.1) is 35.5 Å². The Morgan fingerprint density at radius 1 is 0.696 bits per heavy atom. The molecule has 0 aromatic heterocycles. The van der Waals surface area contributed by atoms with E-state index in [9.17, 15) is 0 Å². The summed E-state index contributed by atoms with van der Waals surface area (Å²) in [4.78, 5) is 0. The van der Waals surface area contributed by atoms with Crippen molar-refractivity contribution >= 4 is 0 Å². The maximum absolute atomic E-state index is 6.33. The molecule has 0 aliphatic heterocycles. The maximum Gasteiger partial charge on any atom is 0.00698 e. The molecule has 6 atom stereocenters. The van der Waals surface area contributed by atoms with Crippen LogP contribution in [0.15, 0.2) is 0 Å². The van der Waals surface area contributed by atoms with E-state index in [0.717, 1.165) is 35.5 Å². The normalized spacial score (nSPS) is 39.1. The summed E-state index contributed by atoms with van der Waals surface area (Å²) in [6.07, 6.45) is 12.3. The first-order valence-electron chi connectivity index (χ1n) is 10.4. The van der Waals surface area contributed by atoms with Crippen molar-refractivity contribution in [2.45, 2.75) is 97.6 Å². The largest absolute Gasteiger partial charge is 0.327 e. The van der Waals surface area contributed by atoms with Gasteiger partial charge in [0.1, 0.15) is 0 Å². The van der Waals surface area contributed by atoms with Crippen LogP contribution in [0.4, 0.5) is 0 Å². The van der Waals surface area contributed by atoms with Crippen LogP contribution >= 0.6 is 0 Å². The molecule has 2 rings (SSSR count). The predicted molar refractivity (Wildman–Crippen MR) is 101 cm³/mol. The van der Waals surface area contributed by atoms with Crippen molar-refractivity contribution < 1.29 is 0 Å². The Kier molecular flexibility index (Phi) is 7.41. The molecule has 0 aromatic rings. The molecule has 0 radical (unpaired) electrons. The minimum Gasteiger partial charge on any atom is -0.327 e. The Morgan fingerprint density at radius 2 is 1.09 bits per heavy atom. The van der Waals surface area contributed by atoms with Gasteiger partial charge in [-0.2, -0.15) is 0 Å². The lowest BCUT2D eigenvalue weighted by molar-refractivity contribution is 0.159. The van der Waals surface area contributed by atoms with Crippen LogP contribution in [0.1, 0.15) is 85.5 Å². The van der Waals surface area contributed by atoms with E-state index in [-0.39, 0.29) is 0 Å². The quantitative estimate of drug-likeness (QED) is 0.726. The van der Waals surface area contributed by atoms with Gasteiger partial charge in [-0.1, -0.05) is 47.0 Å². The Labute approximate surface area is 145 Å². The highest BCUT2D eigenvalue weighted by molar-refractivity contribution is 4.86. The second-order valence-electron chi connectivity index (χ2n) is 9.43. The molecule has 2 fully saturated rings. The summed E-state index contributed by atoms with van der Waals surface area (Å²) in [5.41, 5.74) is 12.7. The first kappa shape index (κ1) is 19.2. The molecule has 0 amide bonds. The van der Waals surface area contributed by atoms with E-state index in [1.165, 1.54) is 57.8 Å². The zero-order chi connectivity index (χ0) is 17.0. The van der Waals surface area contributed by atoms with Crippen molar-refractivity contribution in [3.63, 3.8) is 0 Å². The Morgan fingerprint density at radius 3 is 1.43 bits per heavy atom. The Hall–Kier alpha value is -0.0800. The zero-order valence-electron chi connectivity index (χ0n) is 16.1. The third-order valence-corrected chi connectivity index (χ3v) is 7.06. The molecule has 2 aliphatic rings. The molecular formula is C21H42N2. The molecule has 2 aliphatic carbocycles. The highest BCUT2D eigenvalue weighted by atomic mass is 14.7. The van der Waals surface area contributed by atoms with Crippen molar-refractivity contribution in [2.24, 2.45) is 47.0 Å². The minimum atomic E-state index is 0.456. The van der Waals surface area contributed by atoms with Crippen LogP contribution < -0.4 is 11.5 Å². The van der Waals surface area contributed by atoms with Crippen molar-refractivity contribution in [3.05, 3.63) is 0 Å². The lowest BCUT2D eigenvalue weighted by Crippen LogP contribution is -2.39. The number of hydrogen-bond acceptors (Lipinski definition) is 2. The molecule has 4 N–H and O–H groups in total. The van der Waals surface area contributed by atoms with Crippen molar-refractivity contribution in [1.82, 2.24) is 0 Å². The lowest BCUT2D eigenvalue weighted by atomic mass is 9.70. The molecule has 2 nitrogen and oxygen atoms in total. The minimum absolute atomic E-state index is 0.456. The number of hydrogen-bond donors (Lipinski definition) is 2. The van der Waals surface area contributed by atoms with E-state index >= 15 is 0 Å². The van der Waals surface area contributed by atoms with Crippen LogP contribution in [0.2, 0.25) is 0 Å². The monoisotopic (exact) mass is 322 g/mol. The fraction of sp³-hybridized carbons (Fsp3) is 1.00. The van der Waals surface area contributed by atoms with E-state index in [2.05, 4.69) is 27.7 Å². The van der Waals surface area contributed by atoms with Crippen LogP contribution in [0.25, 0.3) is 0 Å². The summed E-state index contributed by atoms with van der Waals surface area (Å²) in [6.45, 7) is 9.41. The smallest absolute Gasteiger partial charge is 0.00698 e. The van der Waals surface area contributed by atoms with Gasteiger partial charge in [-0.15, -0.1) is 0 Å². The van der Waals surface area contributed by atoms with Crippen molar-refractivity contribution in [2.75, 3.05) is 0 Å². The topological polar surface area (TPSA) is 52.0 Å². The van der Waals surface area contributed by atoms with E-state index in [4.69, 9.17) is 11.5 Å². The second-order valence-corrected chi connectivity index (χ2v) is 9.43. The van der Waals surface area contributed by atoms with Crippen LogP contribution in [-0.4, -0.2) is 12.1 Å². The summed E-state index contributed by atoms with van der Waals surface area (Å²) in [5, 5.41) is 0. The second kappa shape index (κ2) is 8.85. The molecule has 6 unspecified atom stereocenters. The summed E-state index contributed by atoms with van der Waals surface area (Å²) in [7, 11) is 0. The van der Waals surface area contributed by atoms with Gasteiger partial charge in [0, 0.05) is 12.1 Å². The average molecular weight is 323 g/mol. The molecule has 2 saturated carbocycles. The van der Waals surface area contributed by atoms with E-state index in [1.54, 1.807) is 0 Å². The zero-order valence-corrected chi connectivity index (χ0v) is 16.1. The van der Waals surface area contributed by atoms with Crippen LogP contribution in [-0.2, 0) is 0 Å². The van der Waals surface area contributed by atoms with E-state index in [0.29, 0.717) is 12.1 Å². The van der Waals surface area contributed by atoms with E-state index in [1.807, 2.05) is 0 Å². The van der Waals surface area contributed by atoms with Gasteiger partial charge in [0.05, 0.1) is 0 Å². The highest BCUT2D eigenvalue weighted by Gasteiger charge is 2.31. The molecule has 2 heteroatoms. The summed E-state index contributed by atoms with van der Waals surface area (Å²) in [6, 6.07) is 0.913. The standard InChI is InChI=1S/C21H42N2/c1-14(2)18-12-16(8-10-20(18)22)6-5-7-17-9-11-21(23)19(13-17)15(3)4/h14-21H,5-13,22-23H2,1-4H3. The molecule has 23 heavy (non-hydrogen) atoms. The summed E-state index contributed by atoms with van der Waals surface area (Å²) in [5.74, 6) is 4.89. The fourth-order valence-electron chi connectivity index (χ4n) is 5.39. The van der Waals surface area contributed by atoms with Crippen molar-refractivity contribution in [1.29, 1.82) is 0 Å². The Bertz CT molecular complexity index is 307. The summed E-state index contributed by atoms with van der Waals surface area (Å²) < 4.78 is 0. The van der Waals surface area contributed by atoms with Gasteiger partial charge in [-0.05, 0) is 74.0 Å². The van der Waals surface area contributed by atoms with Gasteiger partial charge in [0.25, 0.3) is 0 Å². The molecule has 0 heterocycles. The number of rotatable bonds is 6. The molecular weight excluding hydrogens is 280 g/mol. The van der Waals surface area contributed by atoms with Crippen molar-refractivity contribution in [3.8, 4) is 0 Å². The maximum atomic E-state index is 6.33. The van der Waals surface area contributed by atoms with Gasteiger partial charge in [0.2, 0.25) is 0 Å². The van der Waals surface area contributed by atoms with Gasteiger partial charge >= 0.3 is 0 Å². The average Bonchev–Trinajstić information content (AvgIpc) is 2.50. The fourth-order valence-corrected chi connectivity index (χ4v) is 5.39. The molecule has 0 saturated heterocycles. The lowest BCUT2D eigenvalue weighted by Gasteiger charge is -2.38. The molecule has 0 aromatic carbocycles. The van der Waals surface area contributed by atoms with Gasteiger partial charge in [0.15, 0.2) is 0 Å². The van der Waals surface area contributed by atoms with Gasteiger partial charge in [-0.25, -0.2) is 0 Å². The highest BCUT2D eigenvalue weighted by Crippen LogP contribution is 2.38. The van der Waals surface area contributed by atoms with E-state index < -0.39 is 0 Å². The van der Waals surface area contributed by atoms with Gasteiger partial charge in [-0.3, -0.25) is 0 Å². The SMILES string of the molecule is CC(C)C1CC(CCCC2CCC(N)C(C(C)C)C2)CCC1N. The molecule has 136 valence electrons. The number of nitrogens with two attached hydrogens (primary N) is 2. The third-order valence-electron chi connectivity index (χ3n) is 7.06. The van der Waals surface area contributed by atoms with Gasteiger partial charge < -0.3 is 11.5 Å². The first-order valence-corrected chi connectivity index (χ1v) is 10.4. The predicted octanol–water partition coefficient (Wildman–Crippen LogP) is 4.96. The third kappa shape index (κ3) is 5.46. The van der Waals surface area contributed by atoms with Crippen LogP contribution in [0.5, 0.6) is 0 Å². The van der Waals surface area contributed by atoms with Crippen LogP contribution in [0.3, 0.4) is 0 Å². The molecule has 0 spiro atoms. The summed E-state index contributed by atoms with van der Waals surface area (Å²) >= 11 is 0. The molecule has 0 bridgehead atoms. The Balaban J connectivity index is 1.71.